The maximum Gasteiger partial charge on any atom is 0.287 e. The Labute approximate surface area is 196 Å². The highest BCUT2D eigenvalue weighted by Crippen LogP contribution is 2.35. The Morgan fingerprint density at radius 1 is 1.15 bits per heavy atom. The molecule has 0 radical (unpaired) electrons. The molecule has 1 atom stereocenters. The Morgan fingerprint density at radius 2 is 1.91 bits per heavy atom. The lowest BCUT2D eigenvalue weighted by Gasteiger charge is -2.38. The van der Waals surface area contributed by atoms with E-state index in [9.17, 15) is 18.7 Å². The van der Waals surface area contributed by atoms with Crippen molar-refractivity contribution >= 4 is 16.9 Å². The molecule has 0 saturated carbocycles. The number of aliphatic hydroxyl groups is 1. The van der Waals surface area contributed by atoms with Crippen LogP contribution in [0.2, 0.25) is 0 Å². The van der Waals surface area contributed by atoms with Gasteiger partial charge in [-0.3, -0.25) is 9.69 Å². The van der Waals surface area contributed by atoms with Gasteiger partial charge in [0.15, 0.2) is 5.76 Å². The number of amides is 1. The number of likely N-dealkylation sites (tertiary alicyclic amines) is 1. The average molecular weight is 471 g/mol. The molecule has 2 aromatic carbocycles. The van der Waals surface area contributed by atoms with E-state index in [4.69, 9.17) is 9.15 Å². The predicted molar refractivity (Wildman–Crippen MR) is 122 cm³/mol. The van der Waals surface area contributed by atoms with Crippen LogP contribution >= 0.6 is 0 Å². The number of fused-ring (bicyclic) bond motifs is 1. The Bertz CT molecular complexity index is 1160. The number of nitrogens with zero attached hydrogens (tertiary/aromatic N) is 1. The molecule has 8 heteroatoms. The van der Waals surface area contributed by atoms with E-state index < -0.39 is 17.2 Å². The molecule has 3 heterocycles. The van der Waals surface area contributed by atoms with Crippen molar-refractivity contribution in [3.8, 4) is 0 Å². The highest BCUT2D eigenvalue weighted by Gasteiger charge is 2.34. The lowest BCUT2D eigenvalue weighted by Crippen LogP contribution is -2.42. The fraction of sp³-hybridized carbons (Fsp3) is 0.423. The van der Waals surface area contributed by atoms with Crippen LogP contribution in [0.15, 0.2) is 46.9 Å². The zero-order valence-corrected chi connectivity index (χ0v) is 18.9. The molecule has 3 aromatic rings. The lowest BCUT2D eigenvalue weighted by atomic mass is 9.84. The van der Waals surface area contributed by atoms with Crippen LogP contribution in [0.3, 0.4) is 0 Å². The van der Waals surface area contributed by atoms with Gasteiger partial charge in [0.05, 0.1) is 11.7 Å². The van der Waals surface area contributed by atoms with E-state index in [2.05, 4.69) is 5.32 Å². The number of ether oxygens (including phenoxy) is 1. The van der Waals surface area contributed by atoms with Gasteiger partial charge >= 0.3 is 0 Å². The van der Waals surface area contributed by atoms with Crippen LogP contribution in [-0.2, 0) is 16.9 Å². The minimum Gasteiger partial charge on any atom is -0.451 e. The third-order valence-corrected chi connectivity index (χ3v) is 6.92. The number of hydrogen-bond donors (Lipinski definition) is 2. The van der Waals surface area contributed by atoms with E-state index in [1.165, 1.54) is 18.2 Å². The summed E-state index contributed by atoms with van der Waals surface area (Å²) in [5.41, 5.74) is 0.307. The Hall–Kier alpha value is -2.81. The van der Waals surface area contributed by atoms with E-state index in [1.807, 2.05) is 17.0 Å². The summed E-state index contributed by atoms with van der Waals surface area (Å²) in [4.78, 5) is 14.4. The average Bonchev–Trinajstić information content (AvgIpc) is 3.51. The van der Waals surface area contributed by atoms with Gasteiger partial charge in [-0.25, -0.2) is 8.78 Å². The molecule has 180 valence electrons. The Balaban J connectivity index is 1.24. The number of benzene rings is 2. The first-order chi connectivity index (χ1) is 16.4. The molecule has 6 nitrogen and oxygen atoms in total. The summed E-state index contributed by atoms with van der Waals surface area (Å²) in [5.74, 6) is -1.18. The summed E-state index contributed by atoms with van der Waals surface area (Å²) < 4.78 is 39.2. The van der Waals surface area contributed by atoms with Crippen molar-refractivity contribution in [2.45, 2.75) is 43.9 Å². The molecule has 2 fully saturated rings. The number of halogens is 2. The van der Waals surface area contributed by atoms with Crippen LogP contribution in [0.25, 0.3) is 11.0 Å². The zero-order valence-electron chi connectivity index (χ0n) is 18.9. The van der Waals surface area contributed by atoms with Gasteiger partial charge in [-0.15, -0.1) is 0 Å². The van der Waals surface area contributed by atoms with E-state index in [0.29, 0.717) is 38.1 Å². The van der Waals surface area contributed by atoms with Gasteiger partial charge in [0.2, 0.25) is 0 Å². The molecule has 0 aliphatic carbocycles. The standard InChI is InChI=1S/C26H28F2N2O4/c27-21-4-1-5-22(28)20(21)16-30-10-8-26(32,9-11-30)18-6-7-23-17(13-18)14-24(34-23)25(31)29-15-19-3-2-12-33-19/h1,4-7,13-14,19,32H,2-3,8-12,15-16H2,(H,29,31)/t19-/m1/s1. The molecule has 1 amide bonds. The van der Waals surface area contributed by atoms with E-state index in [0.717, 1.165) is 30.4 Å². The van der Waals surface area contributed by atoms with Crippen molar-refractivity contribution in [3.63, 3.8) is 0 Å². The van der Waals surface area contributed by atoms with Gasteiger partial charge in [0.25, 0.3) is 5.91 Å². The first-order valence-corrected chi connectivity index (χ1v) is 11.7. The molecule has 0 bridgehead atoms. The molecule has 0 spiro atoms. The minimum atomic E-state index is -1.06. The van der Waals surface area contributed by atoms with Crippen LogP contribution in [-0.4, -0.2) is 48.3 Å². The second-order valence-electron chi connectivity index (χ2n) is 9.22. The van der Waals surface area contributed by atoms with Crippen LogP contribution < -0.4 is 5.32 Å². The first-order valence-electron chi connectivity index (χ1n) is 11.7. The SMILES string of the molecule is O=C(NC[C@H]1CCCO1)c1cc2cc(C3(O)CCN(Cc4c(F)cccc4F)CC3)ccc2o1. The number of hydrogen-bond acceptors (Lipinski definition) is 5. The normalized spacial score (nSPS) is 20.6. The quantitative estimate of drug-likeness (QED) is 0.567. The molecule has 2 aliphatic rings. The summed E-state index contributed by atoms with van der Waals surface area (Å²) in [7, 11) is 0. The molecular formula is C26H28F2N2O4. The lowest BCUT2D eigenvalue weighted by molar-refractivity contribution is -0.0280. The minimum absolute atomic E-state index is 0.0509. The molecule has 0 unspecified atom stereocenters. The third-order valence-electron chi connectivity index (χ3n) is 6.92. The van der Waals surface area contributed by atoms with E-state index in [-0.39, 0.29) is 29.9 Å². The van der Waals surface area contributed by atoms with Crippen molar-refractivity contribution < 1.29 is 27.8 Å². The van der Waals surface area contributed by atoms with Crippen LogP contribution in [0.4, 0.5) is 8.78 Å². The van der Waals surface area contributed by atoms with Gasteiger partial charge in [0.1, 0.15) is 17.2 Å². The summed E-state index contributed by atoms with van der Waals surface area (Å²) in [6, 6.07) is 11.0. The number of carbonyl (C=O) groups excluding carboxylic acids is 1. The highest BCUT2D eigenvalue weighted by molar-refractivity contribution is 5.96. The monoisotopic (exact) mass is 470 g/mol. The third kappa shape index (κ3) is 4.71. The summed E-state index contributed by atoms with van der Waals surface area (Å²) in [6.07, 6.45) is 2.86. The molecule has 5 rings (SSSR count). The van der Waals surface area contributed by atoms with Gasteiger partial charge in [0, 0.05) is 43.7 Å². The van der Waals surface area contributed by atoms with Crippen molar-refractivity contribution in [1.82, 2.24) is 10.2 Å². The van der Waals surface area contributed by atoms with Crippen molar-refractivity contribution in [2.24, 2.45) is 0 Å². The van der Waals surface area contributed by atoms with Crippen molar-refractivity contribution in [1.29, 1.82) is 0 Å². The molecular weight excluding hydrogens is 442 g/mol. The Kier molecular flexibility index (Phi) is 6.38. The largest absolute Gasteiger partial charge is 0.451 e. The van der Waals surface area contributed by atoms with Gasteiger partial charge in [-0.05, 0) is 61.6 Å². The second-order valence-corrected chi connectivity index (χ2v) is 9.22. The number of nitrogens with one attached hydrogen (secondary N) is 1. The van der Waals surface area contributed by atoms with Crippen molar-refractivity contribution in [2.75, 3.05) is 26.2 Å². The topological polar surface area (TPSA) is 74.9 Å². The highest BCUT2D eigenvalue weighted by atomic mass is 19.1. The van der Waals surface area contributed by atoms with Crippen LogP contribution in [0.1, 0.15) is 47.4 Å². The maximum atomic E-state index is 14.0. The van der Waals surface area contributed by atoms with Crippen LogP contribution in [0.5, 0.6) is 0 Å². The number of furan rings is 1. The zero-order chi connectivity index (χ0) is 23.7. The predicted octanol–water partition coefficient (Wildman–Crippen LogP) is 4.10. The molecule has 1 aromatic heterocycles. The molecule has 2 saturated heterocycles. The molecule has 2 N–H and O–H groups in total. The summed E-state index contributed by atoms with van der Waals surface area (Å²) >= 11 is 0. The number of carbonyl (C=O) groups is 1. The second kappa shape index (κ2) is 9.44. The summed E-state index contributed by atoms with van der Waals surface area (Å²) in [6.45, 7) is 2.36. The Morgan fingerprint density at radius 3 is 2.62 bits per heavy atom. The van der Waals surface area contributed by atoms with Gasteiger partial charge in [-0.1, -0.05) is 12.1 Å². The van der Waals surface area contributed by atoms with Crippen LogP contribution in [0, 0.1) is 11.6 Å². The first kappa shape index (κ1) is 23.0. The number of piperidine rings is 1. The maximum absolute atomic E-state index is 14.0. The van der Waals surface area contributed by atoms with Gasteiger partial charge in [-0.2, -0.15) is 0 Å². The molecule has 2 aliphatic heterocycles. The van der Waals surface area contributed by atoms with Crippen molar-refractivity contribution in [3.05, 3.63) is 71.0 Å². The van der Waals surface area contributed by atoms with E-state index in [1.54, 1.807) is 12.1 Å². The number of rotatable bonds is 6. The molecule has 34 heavy (non-hydrogen) atoms. The smallest absolute Gasteiger partial charge is 0.287 e. The summed E-state index contributed by atoms with van der Waals surface area (Å²) in [5, 5.41) is 14.9. The fourth-order valence-electron chi connectivity index (χ4n) is 4.82. The van der Waals surface area contributed by atoms with Gasteiger partial charge < -0.3 is 19.6 Å². The van der Waals surface area contributed by atoms with E-state index >= 15 is 0 Å². The fourth-order valence-corrected chi connectivity index (χ4v) is 4.82.